The Morgan fingerprint density at radius 3 is 2.17 bits per heavy atom. The fourth-order valence-electron chi connectivity index (χ4n) is 4.40. The number of rotatable bonds is 4. The van der Waals surface area contributed by atoms with Gasteiger partial charge < -0.3 is 21.3 Å². The van der Waals surface area contributed by atoms with Gasteiger partial charge in [-0.15, -0.1) is 0 Å². The van der Waals surface area contributed by atoms with Crippen LogP contribution in [0.25, 0.3) is 0 Å². The lowest BCUT2D eigenvalue weighted by Crippen LogP contribution is -2.56. The van der Waals surface area contributed by atoms with Gasteiger partial charge in [0.05, 0.1) is 10.0 Å². The first-order chi connectivity index (χ1) is 16.7. The van der Waals surface area contributed by atoms with Crippen LogP contribution in [0.15, 0.2) is 42.5 Å². The molecule has 1 atom stereocenters. The van der Waals surface area contributed by atoms with Crippen molar-refractivity contribution < 1.29 is 14.4 Å². The van der Waals surface area contributed by atoms with Gasteiger partial charge in [0.15, 0.2) is 6.17 Å². The van der Waals surface area contributed by atoms with Gasteiger partial charge in [-0.2, -0.15) is 0 Å². The summed E-state index contributed by atoms with van der Waals surface area (Å²) in [4.78, 5) is 42.7. The van der Waals surface area contributed by atoms with Gasteiger partial charge >= 0.3 is 6.03 Å². The third kappa shape index (κ3) is 6.01. The number of hydrogen-bond donors (Lipinski definition) is 3. The number of anilines is 1. The van der Waals surface area contributed by atoms with Crippen LogP contribution in [0, 0.1) is 0 Å². The molecule has 0 aromatic heterocycles. The van der Waals surface area contributed by atoms with Crippen LogP contribution in [0.1, 0.15) is 36.0 Å². The molecular weight excluding hydrogens is 513 g/mol. The average molecular weight is 539 g/mol. The Kier molecular flexibility index (Phi) is 8.06. The summed E-state index contributed by atoms with van der Waals surface area (Å²) in [5, 5.41) is 6.88. The maximum Gasteiger partial charge on any atom is 0.323 e. The summed E-state index contributed by atoms with van der Waals surface area (Å²) < 4.78 is 0. The van der Waals surface area contributed by atoms with E-state index in [1.54, 1.807) is 30.3 Å². The van der Waals surface area contributed by atoms with Crippen molar-refractivity contribution in [1.29, 1.82) is 0 Å². The lowest BCUT2D eigenvalue weighted by Gasteiger charge is -2.32. The Morgan fingerprint density at radius 2 is 1.51 bits per heavy atom. The second-order valence-corrected chi connectivity index (χ2v) is 10.0. The standard InChI is InChI=1S/C24H26Cl3N5O3/c25-15-2-6-18(7-3-15)30-24(35)32-12-11-31(23(34)14-1-10-19(26)20(27)13-14)22(32)21(33)29-17-8-4-16(28)5-9-17/h1-3,6-7,10,13,16-17,22H,4-5,8-9,11-12,28H2,(H,29,33)(H,30,35). The summed E-state index contributed by atoms with van der Waals surface area (Å²) >= 11 is 18.0. The van der Waals surface area contributed by atoms with E-state index >= 15 is 0 Å². The minimum absolute atomic E-state index is 0.0639. The Bertz CT molecular complexity index is 1110. The second-order valence-electron chi connectivity index (χ2n) is 8.75. The molecule has 1 saturated heterocycles. The topological polar surface area (TPSA) is 108 Å². The molecule has 186 valence electrons. The number of amides is 4. The van der Waals surface area contributed by atoms with Crippen molar-refractivity contribution in [1.82, 2.24) is 15.1 Å². The lowest BCUT2D eigenvalue weighted by atomic mass is 9.92. The van der Waals surface area contributed by atoms with Gasteiger partial charge in [0.2, 0.25) is 0 Å². The first-order valence-electron chi connectivity index (χ1n) is 11.4. The summed E-state index contributed by atoms with van der Waals surface area (Å²) in [5.74, 6) is -0.834. The number of urea groups is 1. The van der Waals surface area contributed by atoms with Crippen LogP contribution in [-0.2, 0) is 4.79 Å². The maximum absolute atomic E-state index is 13.5. The van der Waals surface area contributed by atoms with Crippen molar-refractivity contribution >= 4 is 58.3 Å². The van der Waals surface area contributed by atoms with Gasteiger partial charge in [-0.05, 0) is 68.1 Å². The predicted molar refractivity (Wildman–Crippen MR) is 137 cm³/mol. The van der Waals surface area contributed by atoms with Gasteiger partial charge in [0, 0.05) is 41.4 Å². The van der Waals surface area contributed by atoms with Crippen LogP contribution in [0.2, 0.25) is 15.1 Å². The molecule has 4 rings (SSSR count). The molecule has 2 fully saturated rings. The lowest BCUT2D eigenvalue weighted by molar-refractivity contribution is -0.128. The molecule has 0 spiro atoms. The molecule has 4 amide bonds. The third-order valence-electron chi connectivity index (χ3n) is 6.31. The predicted octanol–water partition coefficient (Wildman–Crippen LogP) is 4.35. The minimum Gasteiger partial charge on any atom is -0.350 e. The van der Waals surface area contributed by atoms with E-state index in [0.29, 0.717) is 15.7 Å². The normalized spacial score (nSPS) is 22.1. The fourth-order valence-corrected chi connectivity index (χ4v) is 4.82. The Hall–Kier alpha value is -2.52. The van der Waals surface area contributed by atoms with Gasteiger partial charge in [-0.1, -0.05) is 34.8 Å². The van der Waals surface area contributed by atoms with E-state index in [9.17, 15) is 14.4 Å². The maximum atomic E-state index is 13.5. The van der Waals surface area contributed by atoms with Crippen LogP contribution in [0.3, 0.4) is 0 Å². The summed E-state index contributed by atoms with van der Waals surface area (Å²) in [6.07, 6.45) is 1.99. The molecule has 1 heterocycles. The van der Waals surface area contributed by atoms with Gasteiger partial charge in [-0.25, -0.2) is 4.79 Å². The van der Waals surface area contributed by atoms with E-state index in [1.807, 2.05) is 0 Å². The zero-order valence-electron chi connectivity index (χ0n) is 18.8. The van der Waals surface area contributed by atoms with Gasteiger partial charge in [-0.3, -0.25) is 14.5 Å². The molecular formula is C24H26Cl3N5O3. The molecule has 4 N–H and O–H groups in total. The molecule has 8 nitrogen and oxygen atoms in total. The zero-order chi connectivity index (χ0) is 25.1. The minimum atomic E-state index is -1.13. The van der Waals surface area contributed by atoms with Crippen molar-refractivity contribution in [3.05, 3.63) is 63.1 Å². The number of benzene rings is 2. The fraction of sp³-hybridized carbons (Fsp3) is 0.375. The Balaban J connectivity index is 1.56. The molecule has 1 aliphatic carbocycles. The highest BCUT2D eigenvalue weighted by molar-refractivity contribution is 6.42. The molecule has 1 unspecified atom stereocenters. The van der Waals surface area contributed by atoms with E-state index < -0.39 is 24.0 Å². The number of carbonyl (C=O) groups excluding carboxylic acids is 3. The van der Waals surface area contributed by atoms with Gasteiger partial charge in [0.25, 0.3) is 11.8 Å². The summed E-state index contributed by atoms with van der Waals surface area (Å²) in [5.41, 5.74) is 6.79. The number of nitrogens with zero attached hydrogens (tertiary/aromatic N) is 2. The first kappa shape index (κ1) is 25.6. The largest absolute Gasteiger partial charge is 0.350 e. The van der Waals surface area contributed by atoms with E-state index in [2.05, 4.69) is 10.6 Å². The van der Waals surface area contributed by atoms with Crippen molar-refractivity contribution in [3.8, 4) is 0 Å². The van der Waals surface area contributed by atoms with Crippen LogP contribution in [-0.4, -0.2) is 59.0 Å². The zero-order valence-corrected chi connectivity index (χ0v) is 21.1. The van der Waals surface area contributed by atoms with E-state index in [-0.39, 0.29) is 35.8 Å². The summed E-state index contributed by atoms with van der Waals surface area (Å²) in [6, 6.07) is 10.7. The van der Waals surface area contributed by atoms with Crippen LogP contribution in [0.4, 0.5) is 10.5 Å². The number of nitrogens with two attached hydrogens (primary N) is 1. The highest BCUT2D eigenvalue weighted by atomic mass is 35.5. The van der Waals surface area contributed by atoms with Gasteiger partial charge in [0.1, 0.15) is 0 Å². The molecule has 1 saturated carbocycles. The third-order valence-corrected chi connectivity index (χ3v) is 7.30. The summed E-state index contributed by atoms with van der Waals surface area (Å²) in [6.45, 7) is 0.362. The number of carbonyl (C=O) groups is 3. The van der Waals surface area contributed by atoms with Crippen molar-refractivity contribution in [2.75, 3.05) is 18.4 Å². The van der Waals surface area contributed by atoms with Crippen LogP contribution < -0.4 is 16.4 Å². The number of hydrogen-bond acceptors (Lipinski definition) is 4. The highest BCUT2D eigenvalue weighted by Gasteiger charge is 2.43. The van der Waals surface area contributed by atoms with Crippen molar-refractivity contribution in [2.45, 2.75) is 43.9 Å². The molecule has 2 aromatic rings. The van der Waals surface area contributed by atoms with E-state index in [0.717, 1.165) is 25.7 Å². The van der Waals surface area contributed by atoms with E-state index in [1.165, 1.54) is 21.9 Å². The summed E-state index contributed by atoms with van der Waals surface area (Å²) in [7, 11) is 0. The molecule has 0 radical (unpaired) electrons. The first-order valence-corrected chi connectivity index (χ1v) is 12.5. The smallest absolute Gasteiger partial charge is 0.323 e. The number of halogens is 3. The molecule has 11 heteroatoms. The van der Waals surface area contributed by atoms with Crippen molar-refractivity contribution in [2.24, 2.45) is 5.73 Å². The second kappa shape index (κ2) is 11.0. The molecule has 1 aliphatic heterocycles. The van der Waals surface area contributed by atoms with Crippen molar-refractivity contribution in [3.63, 3.8) is 0 Å². The molecule has 35 heavy (non-hydrogen) atoms. The number of nitrogens with one attached hydrogen (secondary N) is 2. The molecule has 2 aliphatic rings. The SMILES string of the molecule is NC1CCC(NC(=O)C2N(C(=O)Nc3ccc(Cl)cc3)CCN2C(=O)c2ccc(Cl)c(Cl)c2)CC1. The van der Waals surface area contributed by atoms with Crippen LogP contribution in [0.5, 0.6) is 0 Å². The monoisotopic (exact) mass is 537 g/mol. The van der Waals surface area contributed by atoms with E-state index in [4.69, 9.17) is 40.5 Å². The Labute approximate surface area is 218 Å². The highest BCUT2D eigenvalue weighted by Crippen LogP contribution is 2.26. The average Bonchev–Trinajstić information content (AvgIpc) is 3.29. The molecule has 2 aromatic carbocycles. The quantitative estimate of drug-likeness (QED) is 0.538. The molecule has 0 bridgehead atoms. The van der Waals surface area contributed by atoms with Crippen LogP contribution >= 0.6 is 34.8 Å². The Morgan fingerprint density at radius 1 is 0.857 bits per heavy atom.